The number of hydrogen-bond acceptors (Lipinski definition) is 3. The van der Waals surface area contributed by atoms with Crippen LogP contribution in [0, 0.1) is 18.3 Å². The zero-order valence-electron chi connectivity index (χ0n) is 15.9. The molecule has 0 unspecified atom stereocenters. The molecule has 3 rings (SSSR count). The summed E-state index contributed by atoms with van der Waals surface area (Å²) in [7, 11) is 0. The van der Waals surface area contributed by atoms with Gasteiger partial charge in [0.15, 0.2) is 0 Å². The first-order valence-corrected chi connectivity index (χ1v) is 9.39. The van der Waals surface area contributed by atoms with Gasteiger partial charge in [-0.15, -0.1) is 0 Å². The highest BCUT2D eigenvalue weighted by Gasteiger charge is 2.10. The minimum absolute atomic E-state index is 0.0306. The number of halogens is 1. The Kier molecular flexibility index (Phi) is 6.67. The first-order chi connectivity index (χ1) is 14.0. The number of anilines is 1. The van der Waals surface area contributed by atoms with Gasteiger partial charge >= 0.3 is 0 Å². The SMILES string of the molecule is Cc1ccccc1NC(=O)/C(C#N)=C\c1ccc(OCc2ccc(Cl)cc2)cc1. The third kappa shape index (κ3) is 5.71. The third-order valence-electron chi connectivity index (χ3n) is 4.27. The van der Waals surface area contributed by atoms with Crippen molar-refractivity contribution in [3.05, 3.63) is 100 Å². The van der Waals surface area contributed by atoms with Gasteiger partial charge in [-0.1, -0.05) is 54.1 Å². The number of nitrogens with one attached hydrogen (secondary N) is 1. The highest BCUT2D eigenvalue weighted by atomic mass is 35.5. The topological polar surface area (TPSA) is 62.1 Å². The fourth-order valence-electron chi connectivity index (χ4n) is 2.63. The van der Waals surface area contributed by atoms with E-state index in [4.69, 9.17) is 16.3 Å². The van der Waals surface area contributed by atoms with Crippen LogP contribution in [0.1, 0.15) is 16.7 Å². The van der Waals surface area contributed by atoms with Crippen LogP contribution in [0.15, 0.2) is 78.4 Å². The molecule has 0 fully saturated rings. The van der Waals surface area contributed by atoms with Gasteiger partial charge in [0, 0.05) is 10.7 Å². The van der Waals surface area contributed by atoms with Crippen molar-refractivity contribution in [3.8, 4) is 11.8 Å². The first kappa shape index (κ1) is 20.2. The van der Waals surface area contributed by atoms with Crippen molar-refractivity contribution < 1.29 is 9.53 Å². The minimum Gasteiger partial charge on any atom is -0.489 e. The monoisotopic (exact) mass is 402 g/mol. The second-order valence-electron chi connectivity index (χ2n) is 6.42. The molecule has 0 atom stereocenters. The van der Waals surface area contributed by atoms with Crippen LogP contribution >= 0.6 is 11.6 Å². The van der Waals surface area contributed by atoms with E-state index in [2.05, 4.69) is 5.32 Å². The average Bonchev–Trinajstić information content (AvgIpc) is 2.74. The van der Waals surface area contributed by atoms with Crippen molar-refractivity contribution in [2.45, 2.75) is 13.5 Å². The number of carbonyl (C=O) groups excluding carboxylic acids is 1. The van der Waals surface area contributed by atoms with Crippen LogP contribution in [0.4, 0.5) is 5.69 Å². The molecule has 0 saturated heterocycles. The van der Waals surface area contributed by atoms with Crippen molar-refractivity contribution in [3.63, 3.8) is 0 Å². The van der Waals surface area contributed by atoms with E-state index >= 15 is 0 Å². The van der Waals surface area contributed by atoms with E-state index in [1.165, 1.54) is 0 Å². The lowest BCUT2D eigenvalue weighted by Crippen LogP contribution is -2.14. The molecule has 0 aromatic heterocycles. The van der Waals surface area contributed by atoms with Crippen molar-refractivity contribution >= 4 is 29.3 Å². The van der Waals surface area contributed by atoms with Crippen LogP contribution in [-0.2, 0) is 11.4 Å². The number of rotatable bonds is 6. The molecule has 1 amide bonds. The Hall–Kier alpha value is -3.55. The van der Waals surface area contributed by atoms with Gasteiger partial charge in [-0.25, -0.2) is 0 Å². The second kappa shape index (κ2) is 9.59. The number of nitrogens with zero attached hydrogens (tertiary/aromatic N) is 1. The molecule has 3 aromatic carbocycles. The quantitative estimate of drug-likeness (QED) is 0.420. The van der Waals surface area contributed by atoms with Crippen LogP contribution in [0.5, 0.6) is 5.75 Å². The summed E-state index contributed by atoms with van der Waals surface area (Å²) >= 11 is 5.88. The van der Waals surface area contributed by atoms with Gasteiger partial charge in [-0.05, 0) is 60.0 Å². The molecule has 0 heterocycles. The van der Waals surface area contributed by atoms with E-state index in [-0.39, 0.29) is 5.57 Å². The average molecular weight is 403 g/mol. The number of benzene rings is 3. The van der Waals surface area contributed by atoms with Gasteiger partial charge in [-0.2, -0.15) is 5.26 Å². The van der Waals surface area contributed by atoms with Crippen LogP contribution < -0.4 is 10.1 Å². The molecular weight excluding hydrogens is 384 g/mol. The molecule has 1 N–H and O–H groups in total. The summed E-state index contributed by atoms with van der Waals surface area (Å²) < 4.78 is 5.75. The maximum Gasteiger partial charge on any atom is 0.266 e. The van der Waals surface area contributed by atoms with Gasteiger partial charge in [0.25, 0.3) is 5.91 Å². The molecule has 0 bridgehead atoms. The molecule has 0 radical (unpaired) electrons. The van der Waals surface area contributed by atoms with E-state index < -0.39 is 5.91 Å². The van der Waals surface area contributed by atoms with E-state index in [0.717, 1.165) is 16.7 Å². The Morgan fingerprint density at radius 1 is 1.07 bits per heavy atom. The van der Waals surface area contributed by atoms with E-state index in [1.807, 2.05) is 55.5 Å². The standard InChI is InChI=1S/C24H19ClN2O2/c1-17-4-2-3-5-23(17)27-24(28)20(15-26)14-18-8-12-22(13-9-18)29-16-19-6-10-21(25)11-7-19/h2-14H,16H2,1H3,(H,27,28)/b20-14-. The lowest BCUT2D eigenvalue weighted by atomic mass is 10.1. The maximum atomic E-state index is 12.4. The summed E-state index contributed by atoms with van der Waals surface area (Å²) in [5.74, 6) is 0.254. The predicted molar refractivity (Wildman–Crippen MR) is 116 cm³/mol. The molecule has 0 aliphatic carbocycles. The number of amides is 1. The Labute approximate surface area is 175 Å². The molecule has 4 nitrogen and oxygen atoms in total. The second-order valence-corrected chi connectivity index (χ2v) is 6.86. The molecular formula is C24H19ClN2O2. The van der Waals surface area contributed by atoms with Crippen LogP contribution in [0.2, 0.25) is 5.02 Å². The number of aryl methyl sites for hydroxylation is 1. The van der Waals surface area contributed by atoms with Crippen LogP contribution in [-0.4, -0.2) is 5.91 Å². The van der Waals surface area contributed by atoms with Crippen LogP contribution in [0.3, 0.4) is 0 Å². The van der Waals surface area contributed by atoms with Crippen molar-refractivity contribution in [1.82, 2.24) is 0 Å². The Morgan fingerprint density at radius 2 is 1.76 bits per heavy atom. The number of nitriles is 1. The van der Waals surface area contributed by atoms with E-state index in [9.17, 15) is 10.1 Å². The molecule has 0 saturated carbocycles. The smallest absolute Gasteiger partial charge is 0.266 e. The van der Waals surface area contributed by atoms with Gasteiger partial charge in [0.1, 0.15) is 24.0 Å². The molecule has 0 aliphatic rings. The minimum atomic E-state index is -0.440. The predicted octanol–water partition coefficient (Wildman–Crippen LogP) is 5.77. The van der Waals surface area contributed by atoms with E-state index in [0.29, 0.717) is 23.1 Å². The van der Waals surface area contributed by atoms with Crippen molar-refractivity contribution in [2.24, 2.45) is 0 Å². The summed E-state index contributed by atoms with van der Waals surface area (Å²) in [6.07, 6.45) is 1.55. The Balaban J connectivity index is 1.65. The highest BCUT2D eigenvalue weighted by molar-refractivity contribution is 6.30. The summed E-state index contributed by atoms with van der Waals surface area (Å²) in [5.41, 5.74) is 3.39. The van der Waals surface area contributed by atoms with Crippen molar-refractivity contribution in [2.75, 3.05) is 5.32 Å². The lowest BCUT2D eigenvalue weighted by Gasteiger charge is -2.08. The fraction of sp³-hybridized carbons (Fsp3) is 0.0833. The zero-order chi connectivity index (χ0) is 20.6. The Bertz CT molecular complexity index is 1070. The van der Waals surface area contributed by atoms with Gasteiger partial charge in [0.2, 0.25) is 0 Å². The van der Waals surface area contributed by atoms with Gasteiger partial charge < -0.3 is 10.1 Å². The number of hydrogen-bond donors (Lipinski definition) is 1. The zero-order valence-corrected chi connectivity index (χ0v) is 16.6. The molecule has 29 heavy (non-hydrogen) atoms. The summed E-state index contributed by atoms with van der Waals surface area (Å²) in [4.78, 5) is 12.4. The molecule has 5 heteroatoms. The largest absolute Gasteiger partial charge is 0.489 e. The van der Waals surface area contributed by atoms with Crippen molar-refractivity contribution in [1.29, 1.82) is 5.26 Å². The number of ether oxygens (including phenoxy) is 1. The molecule has 144 valence electrons. The fourth-order valence-corrected chi connectivity index (χ4v) is 2.75. The normalized spacial score (nSPS) is 10.9. The summed E-state index contributed by atoms with van der Waals surface area (Å²) in [6, 6.07) is 24.0. The first-order valence-electron chi connectivity index (χ1n) is 9.01. The van der Waals surface area contributed by atoms with Gasteiger partial charge in [-0.3, -0.25) is 4.79 Å². The van der Waals surface area contributed by atoms with Gasteiger partial charge in [0.05, 0.1) is 0 Å². The maximum absolute atomic E-state index is 12.4. The highest BCUT2D eigenvalue weighted by Crippen LogP contribution is 2.18. The summed E-state index contributed by atoms with van der Waals surface area (Å²) in [6.45, 7) is 2.32. The molecule has 0 aliphatic heterocycles. The molecule has 3 aromatic rings. The van der Waals surface area contributed by atoms with E-state index in [1.54, 1.807) is 36.4 Å². The lowest BCUT2D eigenvalue weighted by molar-refractivity contribution is -0.112. The molecule has 0 spiro atoms. The number of para-hydroxylation sites is 1. The summed E-state index contributed by atoms with van der Waals surface area (Å²) in [5, 5.41) is 12.8. The third-order valence-corrected chi connectivity index (χ3v) is 4.52. The number of carbonyl (C=O) groups is 1. The van der Waals surface area contributed by atoms with Crippen LogP contribution in [0.25, 0.3) is 6.08 Å². The Morgan fingerprint density at radius 3 is 2.41 bits per heavy atom.